The number of hydrogen-bond donors (Lipinski definition) is 0. The Labute approximate surface area is 60.4 Å². The molecule has 0 aliphatic heterocycles. The lowest BCUT2D eigenvalue weighted by atomic mass is 10.6. The highest BCUT2D eigenvalue weighted by molar-refractivity contribution is 5.09. The number of aryl methyl sites for hydroxylation is 1. The second-order valence-electron chi connectivity index (χ2n) is 1.73. The Morgan fingerprint density at radius 2 is 2.27 bits per heavy atom. The van der Waals surface area contributed by atoms with E-state index in [2.05, 4.69) is 9.84 Å². The van der Waals surface area contributed by atoms with Gasteiger partial charge in [-0.1, -0.05) is 0 Å². The predicted molar refractivity (Wildman–Crippen MR) is 28.6 cm³/mol. The minimum Gasteiger partial charge on any atom is -0.414 e. The van der Waals surface area contributed by atoms with Gasteiger partial charge >= 0.3 is 6.61 Å². The summed E-state index contributed by atoms with van der Waals surface area (Å²) in [7, 11) is 1.28. The molecule has 0 saturated heterocycles. The lowest BCUT2D eigenvalue weighted by Crippen LogP contribution is -2.07. The fraction of sp³-hybridized carbons (Fsp3) is 0.400. The first-order valence-corrected chi connectivity index (χ1v) is 2.66. The molecule has 0 aliphatic carbocycles. The summed E-state index contributed by atoms with van der Waals surface area (Å²) >= 11 is 0. The SMILES string of the molecule is Cn1n[c]c(F)c1OC(F)F. The number of alkyl halides is 2. The Balaban J connectivity index is 2.83. The van der Waals surface area contributed by atoms with Crippen LogP contribution in [0.4, 0.5) is 13.2 Å². The van der Waals surface area contributed by atoms with Crippen molar-refractivity contribution in [2.24, 2.45) is 7.05 Å². The maximum absolute atomic E-state index is 12.4. The van der Waals surface area contributed by atoms with Crippen LogP contribution in [-0.4, -0.2) is 16.4 Å². The van der Waals surface area contributed by atoms with E-state index < -0.39 is 18.3 Å². The fourth-order valence-corrected chi connectivity index (χ4v) is 0.567. The number of aromatic nitrogens is 2. The zero-order valence-corrected chi connectivity index (χ0v) is 5.51. The molecule has 1 rings (SSSR count). The third-order valence-electron chi connectivity index (χ3n) is 0.981. The molecule has 0 fully saturated rings. The molecule has 1 heterocycles. The second kappa shape index (κ2) is 2.81. The van der Waals surface area contributed by atoms with E-state index in [0.29, 0.717) is 0 Å². The molecule has 0 amide bonds. The Bertz CT molecular complexity index is 228. The van der Waals surface area contributed by atoms with Gasteiger partial charge in [0, 0.05) is 7.05 Å². The molecule has 0 saturated carbocycles. The lowest BCUT2D eigenvalue weighted by Gasteiger charge is -2.02. The van der Waals surface area contributed by atoms with Crippen molar-refractivity contribution in [2.45, 2.75) is 6.61 Å². The molecular formula is C5H4F3N2O. The molecule has 0 bridgehead atoms. The summed E-state index contributed by atoms with van der Waals surface area (Å²) in [5.41, 5.74) is 0. The van der Waals surface area contributed by atoms with Crippen molar-refractivity contribution in [1.82, 2.24) is 9.78 Å². The topological polar surface area (TPSA) is 27.1 Å². The van der Waals surface area contributed by atoms with Crippen molar-refractivity contribution in [3.05, 3.63) is 12.0 Å². The van der Waals surface area contributed by atoms with Gasteiger partial charge in [0.25, 0.3) is 5.88 Å². The Morgan fingerprint density at radius 3 is 2.64 bits per heavy atom. The smallest absolute Gasteiger partial charge is 0.388 e. The summed E-state index contributed by atoms with van der Waals surface area (Å²) in [6.45, 7) is -3.05. The minimum absolute atomic E-state index is 0.611. The first kappa shape index (κ1) is 7.90. The highest BCUT2D eigenvalue weighted by Crippen LogP contribution is 2.15. The molecule has 0 N–H and O–H groups in total. The van der Waals surface area contributed by atoms with Crippen molar-refractivity contribution < 1.29 is 17.9 Å². The van der Waals surface area contributed by atoms with Crippen LogP contribution in [-0.2, 0) is 7.05 Å². The van der Waals surface area contributed by atoms with E-state index in [0.717, 1.165) is 4.68 Å². The van der Waals surface area contributed by atoms with Gasteiger partial charge in [-0.2, -0.15) is 18.3 Å². The van der Waals surface area contributed by atoms with Gasteiger partial charge < -0.3 is 4.74 Å². The van der Waals surface area contributed by atoms with Crippen LogP contribution in [0.5, 0.6) is 5.88 Å². The zero-order valence-electron chi connectivity index (χ0n) is 5.51. The second-order valence-corrected chi connectivity index (χ2v) is 1.73. The zero-order chi connectivity index (χ0) is 8.43. The lowest BCUT2D eigenvalue weighted by molar-refractivity contribution is -0.0576. The van der Waals surface area contributed by atoms with E-state index in [9.17, 15) is 13.2 Å². The monoisotopic (exact) mass is 165 g/mol. The first-order chi connectivity index (χ1) is 5.11. The van der Waals surface area contributed by atoms with Crippen molar-refractivity contribution in [3.63, 3.8) is 0 Å². The van der Waals surface area contributed by atoms with Crippen molar-refractivity contribution >= 4 is 0 Å². The molecule has 1 radical (unpaired) electrons. The van der Waals surface area contributed by atoms with Gasteiger partial charge in [0.05, 0.1) is 0 Å². The normalized spacial score (nSPS) is 10.6. The van der Waals surface area contributed by atoms with Crippen LogP contribution in [0.25, 0.3) is 0 Å². The van der Waals surface area contributed by atoms with Crippen molar-refractivity contribution in [3.8, 4) is 5.88 Å². The van der Waals surface area contributed by atoms with Gasteiger partial charge in [-0.15, -0.1) is 0 Å². The van der Waals surface area contributed by atoms with Crippen LogP contribution in [0.1, 0.15) is 0 Å². The molecule has 3 nitrogen and oxygen atoms in total. The largest absolute Gasteiger partial charge is 0.414 e. The van der Waals surface area contributed by atoms with Gasteiger partial charge in [-0.05, 0) is 0 Å². The third-order valence-corrected chi connectivity index (χ3v) is 0.981. The van der Waals surface area contributed by atoms with Crippen molar-refractivity contribution in [2.75, 3.05) is 0 Å². The maximum Gasteiger partial charge on any atom is 0.388 e. The predicted octanol–water partition coefficient (Wildman–Crippen LogP) is 0.961. The van der Waals surface area contributed by atoms with Crippen LogP contribution in [0.3, 0.4) is 0 Å². The maximum atomic E-state index is 12.4. The molecule has 1 aromatic rings. The number of hydrogen-bond acceptors (Lipinski definition) is 2. The summed E-state index contributed by atoms with van der Waals surface area (Å²) in [5.74, 6) is -1.63. The molecule has 6 heteroatoms. The molecule has 0 unspecified atom stereocenters. The number of halogens is 3. The third kappa shape index (κ3) is 1.63. The molecular weight excluding hydrogens is 161 g/mol. The first-order valence-electron chi connectivity index (χ1n) is 2.66. The van der Waals surface area contributed by atoms with Crippen LogP contribution in [0.15, 0.2) is 0 Å². The van der Waals surface area contributed by atoms with Crippen molar-refractivity contribution in [1.29, 1.82) is 0 Å². The summed E-state index contributed by atoms with van der Waals surface area (Å²) in [6.07, 6.45) is 1.83. The molecule has 11 heavy (non-hydrogen) atoms. The summed E-state index contributed by atoms with van der Waals surface area (Å²) in [4.78, 5) is 0. The van der Waals surface area contributed by atoms with Gasteiger partial charge in [0.15, 0.2) is 6.20 Å². The Kier molecular flexibility index (Phi) is 2.02. The number of nitrogens with zero attached hydrogens (tertiary/aromatic N) is 2. The highest BCUT2D eigenvalue weighted by Gasteiger charge is 2.14. The average Bonchev–Trinajstić information content (AvgIpc) is 2.18. The van der Waals surface area contributed by atoms with Gasteiger partial charge in [-0.3, -0.25) is 0 Å². The van der Waals surface area contributed by atoms with E-state index in [-0.39, 0.29) is 0 Å². The Morgan fingerprint density at radius 1 is 1.64 bits per heavy atom. The van der Waals surface area contributed by atoms with E-state index in [1.165, 1.54) is 7.05 Å². The quantitative estimate of drug-likeness (QED) is 0.652. The standard InChI is InChI=1S/C5H4F3N2O/c1-10-4(11-5(7)8)3(6)2-9-10/h5H,1H3. The van der Waals surface area contributed by atoms with Gasteiger partial charge in [0.2, 0.25) is 5.82 Å². The van der Waals surface area contributed by atoms with E-state index in [4.69, 9.17) is 0 Å². The molecule has 0 spiro atoms. The minimum atomic E-state index is -3.05. The number of rotatable bonds is 2. The summed E-state index contributed by atoms with van der Waals surface area (Å²) < 4.78 is 40.0. The van der Waals surface area contributed by atoms with Crippen LogP contribution >= 0.6 is 0 Å². The van der Waals surface area contributed by atoms with Gasteiger partial charge in [-0.25, -0.2) is 4.68 Å². The molecule has 0 aromatic carbocycles. The summed E-state index contributed by atoms with van der Waals surface area (Å²) in [5, 5.41) is 3.23. The van der Waals surface area contributed by atoms with E-state index in [1.807, 2.05) is 6.20 Å². The Hall–Kier alpha value is -1.20. The number of ether oxygens (including phenoxy) is 1. The average molecular weight is 165 g/mol. The van der Waals surface area contributed by atoms with Crippen LogP contribution in [0, 0.1) is 12.0 Å². The molecule has 61 valence electrons. The fourth-order valence-electron chi connectivity index (χ4n) is 0.567. The van der Waals surface area contributed by atoms with Gasteiger partial charge in [0.1, 0.15) is 0 Å². The van der Waals surface area contributed by atoms with E-state index in [1.54, 1.807) is 0 Å². The molecule has 0 atom stereocenters. The molecule has 1 aromatic heterocycles. The highest BCUT2D eigenvalue weighted by atomic mass is 19.3. The van der Waals surface area contributed by atoms with Crippen LogP contribution in [0.2, 0.25) is 0 Å². The summed E-state index contributed by atoms with van der Waals surface area (Å²) in [6, 6.07) is 0. The molecule has 0 aliphatic rings. The van der Waals surface area contributed by atoms with E-state index >= 15 is 0 Å². The van der Waals surface area contributed by atoms with Crippen LogP contribution < -0.4 is 4.74 Å².